The second kappa shape index (κ2) is 8.73. The van der Waals surface area contributed by atoms with Crippen LogP contribution < -0.4 is 10.1 Å². The van der Waals surface area contributed by atoms with E-state index in [9.17, 15) is 0 Å². The van der Waals surface area contributed by atoms with E-state index in [1.807, 2.05) is 6.07 Å². The third-order valence-corrected chi connectivity index (χ3v) is 4.64. The SMILES string of the molecule is c1ccc(COc2ccccc2CCNC2CCCCC2)cc1. The summed E-state index contributed by atoms with van der Waals surface area (Å²) in [5, 5.41) is 3.72. The Bertz CT molecular complexity index is 575. The topological polar surface area (TPSA) is 21.3 Å². The number of nitrogens with one attached hydrogen (secondary N) is 1. The summed E-state index contributed by atoms with van der Waals surface area (Å²) >= 11 is 0. The lowest BCUT2D eigenvalue weighted by atomic mass is 9.95. The summed E-state index contributed by atoms with van der Waals surface area (Å²) < 4.78 is 6.04. The van der Waals surface area contributed by atoms with Crippen molar-refractivity contribution in [2.45, 2.75) is 51.2 Å². The monoisotopic (exact) mass is 309 g/mol. The van der Waals surface area contributed by atoms with Gasteiger partial charge in [0.1, 0.15) is 12.4 Å². The summed E-state index contributed by atoms with van der Waals surface area (Å²) in [5.41, 5.74) is 2.51. The lowest BCUT2D eigenvalue weighted by Crippen LogP contribution is -2.32. The average molecular weight is 309 g/mol. The fraction of sp³-hybridized carbons (Fsp3) is 0.429. The maximum atomic E-state index is 6.04. The zero-order valence-corrected chi connectivity index (χ0v) is 13.8. The molecule has 0 aliphatic heterocycles. The summed E-state index contributed by atoms with van der Waals surface area (Å²) in [7, 11) is 0. The highest BCUT2D eigenvalue weighted by Crippen LogP contribution is 2.21. The first kappa shape index (κ1) is 16.1. The minimum absolute atomic E-state index is 0.633. The van der Waals surface area contributed by atoms with Crippen LogP contribution in [0.4, 0.5) is 0 Å². The van der Waals surface area contributed by atoms with Crippen molar-refractivity contribution in [3.63, 3.8) is 0 Å². The van der Waals surface area contributed by atoms with Gasteiger partial charge in [-0.1, -0.05) is 67.8 Å². The van der Waals surface area contributed by atoms with Crippen molar-refractivity contribution in [3.05, 3.63) is 65.7 Å². The van der Waals surface area contributed by atoms with Gasteiger partial charge in [-0.05, 0) is 43.0 Å². The van der Waals surface area contributed by atoms with Gasteiger partial charge in [0.2, 0.25) is 0 Å². The maximum absolute atomic E-state index is 6.04. The molecule has 2 aromatic carbocycles. The van der Waals surface area contributed by atoms with Crippen LogP contribution >= 0.6 is 0 Å². The van der Waals surface area contributed by atoms with Crippen molar-refractivity contribution in [3.8, 4) is 5.75 Å². The van der Waals surface area contributed by atoms with Crippen LogP contribution in [0.3, 0.4) is 0 Å². The lowest BCUT2D eigenvalue weighted by Gasteiger charge is -2.23. The standard InChI is InChI=1S/C21H27NO/c1-3-9-18(10-4-1)17-23-21-14-8-7-11-19(21)15-16-22-20-12-5-2-6-13-20/h1,3-4,7-11,14,20,22H,2,5-6,12-13,15-17H2. The highest BCUT2D eigenvalue weighted by Gasteiger charge is 2.12. The molecule has 0 bridgehead atoms. The molecule has 2 nitrogen and oxygen atoms in total. The van der Waals surface area contributed by atoms with Crippen LogP contribution in [0, 0.1) is 0 Å². The Morgan fingerprint density at radius 3 is 2.43 bits per heavy atom. The first-order valence-corrected chi connectivity index (χ1v) is 8.90. The van der Waals surface area contributed by atoms with Crippen LogP contribution in [0.2, 0.25) is 0 Å². The summed E-state index contributed by atoms with van der Waals surface area (Å²) in [5.74, 6) is 1.02. The minimum atomic E-state index is 0.633. The third kappa shape index (κ3) is 5.11. The Morgan fingerprint density at radius 2 is 1.61 bits per heavy atom. The molecule has 0 aromatic heterocycles. The molecule has 1 aliphatic carbocycles. The van der Waals surface area contributed by atoms with Crippen molar-refractivity contribution in [1.82, 2.24) is 5.32 Å². The molecule has 1 aliphatic rings. The normalized spacial score (nSPS) is 15.5. The van der Waals surface area contributed by atoms with Crippen LogP contribution in [0.1, 0.15) is 43.2 Å². The van der Waals surface area contributed by atoms with Crippen molar-refractivity contribution < 1.29 is 4.74 Å². The van der Waals surface area contributed by atoms with Gasteiger partial charge in [0, 0.05) is 6.04 Å². The summed E-state index contributed by atoms with van der Waals surface area (Å²) in [6.45, 7) is 1.67. The summed E-state index contributed by atoms with van der Waals surface area (Å²) in [4.78, 5) is 0. The van der Waals surface area contributed by atoms with Gasteiger partial charge < -0.3 is 10.1 Å². The van der Waals surface area contributed by atoms with Crippen molar-refractivity contribution in [2.75, 3.05) is 6.54 Å². The first-order chi connectivity index (χ1) is 11.4. The molecule has 2 heteroatoms. The molecule has 122 valence electrons. The van der Waals surface area contributed by atoms with Gasteiger partial charge in [-0.15, -0.1) is 0 Å². The fourth-order valence-electron chi connectivity index (χ4n) is 3.30. The number of ether oxygens (including phenoxy) is 1. The molecule has 0 atom stereocenters. The van der Waals surface area contributed by atoms with Crippen LogP contribution in [0.5, 0.6) is 5.75 Å². The van der Waals surface area contributed by atoms with Crippen LogP contribution in [-0.2, 0) is 13.0 Å². The fourth-order valence-corrected chi connectivity index (χ4v) is 3.30. The Balaban J connectivity index is 1.50. The van der Waals surface area contributed by atoms with E-state index in [0.717, 1.165) is 24.8 Å². The van der Waals surface area contributed by atoms with Crippen LogP contribution in [0.25, 0.3) is 0 Å². The molecule has 0 unspecified atom stereocenters. The van der Waals surface area contributed by atoms with Crippen molar-refractivity contribution in [1.29, 1.82) is 0 Å². The van der Waals surface area contributed by atoms with E-state index < -0.39 is 0 Å². The maximum Gasteiger partial charge on any atom is 0.123 e. The molecule has 0 saturated heterocycles. The van der Waals surface area contributed by atoms with Crippen LogP contribution in [0.15, 0.2) is 54.6 Å². The second-order valence-corrected chi connectivity index (χ2v) is 6.42. The van der Waals surface area contributed by atoms with Gasteiger partial charge in [-0.3, -0.25) is 0 Å². The van der Waals surface area contributed by atoms with Gasteiger partial charge in [0.15, 0.2) is 0 Å². The van der Waals surface area contributed by atoms with Crippen molar-refractivity contribution >= 4 is 0 Å². The summed E-state index contributed by atoms with van der Waals surface area (Å²) in [6, 6.07) is 19.5. The number of rotatable bonds is 7. The van der Waals surface area contributed by atoms with Gasteiger partial charge >= 0.3 is 0 Å². The predicted octanol–water partition coefficient (Wildman–Crippen LogP) is 4.73. The van der Waals surface area contributed by atoms with Gasteiger partial charge in [-0.25, -0.2) is 0 Å². The first-order valence-electron chi connectivity index (χ1n) is 8.90. The zero-order valence-electron chi connectivity index (χ0n) is 13.8. The molecule has 1 N–H and O–H groups in total. The van der Waals surface area contributed by atoms with E-state index >= 15 is 0 Å². The molecule has 23 heavy (non-hydrogen) atoms. The number of hydrogen-bond donors (Lipinski definition) is 1. The van der Waals surface area contributed by atoms with Gasteiger partial charge in [0.05, 0.1) is 0 Å². The Hall–Kier alpha value is -1.80. The van der Waals surface area contributed by atoms with E-state index in [4.69, 9.17) is 4.74 Å². The van der Waals surface area contributed by atoms with E-state index in [2.05, 4.69) is 53.8 Å². The number of benzene rings is 2. The van der Waals surface area contributed by atoms with Crippen LogP contribution in [-0.4, -0.2) is 12.6 Å². The number of para-hydroxylation sites is 1. The third-order valence-electron chi connectivity index (χ3n) is 4.64. The minimum Gasteiger partial charge on any atom is -0.489 e. The molecule has 2 aromatic rings. The van der Waals surface area contributed by atoms with E-state index in [-0.39, 0.29) is 0 Å². The highest BCUT2D eigenvalue weighted by molar-refractivity contribution is 5.34. The van der Waals surface area contributed by atoms with Crippen molar-refractivity contribution in [2.24, 2.45) is 0 Å². The smallest absolute Gasteiger partial charge is 0.123 e. The molecule has 0 amide bonds. The quantitative estimate of drug-likeness (QED) is 0.798. The highest BCUT2D eigenvalue weighted by atomic mass is 16.5. The Labute approximate surface area is 139 Å². The molecule has 0 heterocycles. The number of hydrogen-bond acceptors (Lipinski definition) is 2. The largest absolute Gasteiger partial charge is 0.489 e. The molecule has 1 fully saturated rings. The summed E-state index contributed by atoms with van der Waals surface area (Å²) in [6.07, 6.45) is 7.89. The molecule has 1 saturated carbocycles. The average Bonchev–Trinajstić information content (AvgIpc) is 2.63. The molecule has 0 spiro atoms. The molecular weight excluding hydrogens is 282 g/mol. The molecule has 0 radical (unpaired) electrons. The van der Waals surface area contributed by atoms with Gasteiger partial charge in [-0.2, -0.15) is 0 Å². The van der Waals surface area contributed by atoms with E-state index in [1.165, 1.54) is 43.2 Å². The second-order valence-electron chi connectivity index (χ2n) is 6.42. The predicted molar refractivity (Wildman–Crippen MR) is 95.8 cm³/mol. The van der Waals surface area contributed by atoms with E-state index in [0.29, 0.717) is 6.61 Å². The zero-order chi connectivity index (χ0) is 15.7. The Kier molecular flexibility index (Phi) is 6.10. The van der Waals surface area contributed by atoms with E-state index in [1.54, 1.807) is 0 Å². The Morgan fingerprint density at radius 1 is 0.870 bits per heavy atom. The molecule has 3 rings (SSSR count). The lowest BCUT2D eigenvalue weighted by molar-refractivity contribution is 0.302. The van der Waals surface area contributed by atoms with Gasteiger partial charge in [0.25, 0.3) is 0 Å². The molecular formula is C21H27NO.